The zero-order chi connectivity index (χ0) is 15.9. The van der Waals surface area contributed by atoms with Gasteiger partial charge in [0.1, 0.15) is 10.5 Å². The van der Waals surface area contributed by atoms with Crippen LogP contribution in [0.2, 0.25) is 0 Å². The first-order valence-electron chi connectivity index (χ1n) is 5.81. The Balaban J connectivity index is 2.25. The second kappa shape index (κ2) is 5.16. The van der Waals surface area contributed by atoms with Crippen LogP contribution in [0.25, 0.3) is 0 Å². The van der Waals surface area contributed by atoms with Gasteiger partial charge in [0.15, 0.2) is 0 Å². The Morgan fingerprint density at radius 3 is 2.33 bits per heavy atom. The number of sulfonamides is 1. The quantitative estimate of drug-likeness (QED) is 0.784. The number of aliphatic hydroxyl groups excluding tert-OH is 1. The fourth-order valence-corrected chi connectivity index (χ4v) is 3.31. The third-order valence-corrected chi connectivity index (χ3v) is 4.91. The highest BCUT2D eigenvalue weighted by molar-refractivity contribution is 7.89. The third-order valence-electron chi connectivity index (χ3n) is 3.11. The standard InChI is InChI=1S/C10H12F3N3O4S/c11-10(12,13)8-14-3-7(4-15-8)21(19,20)16-2-1-9(18,5-16)6-17/h3-4,17-18H,1-2,5-6H2/t9-/m1/s1. The van der Waals surface area contributed by atoms with E-state index in [0.29, 0.717) is 12.4 Å². The van der Waals surface area contributed by atoms with E-state index in [0.717, 1.165) is 4.31 Å². The predicted octanol–water partition coefficient (Wildman–Crippen LogP) is -0.387. The number of aromatic nitrogens is 2. The van der Waals surface area contributed by atoms with Crippen LogP contribution in [0, 0.1) is 0 Å². The minimum absolute atomic E-state index is 0.0320. The average molecular weight is 327 g/mol. The van der Waals surface area contributed by atoms with Crippen molar-refractivity contribution >= 4 is 10.0 Å². The number of hydrogen-bond donors (Lipinski definition) is 2. The van der Waals surface area contributed by atoms with E-state index in [-0.39, 0.29) is 19.5 Å². The van der Waals surface area contributed by atoms with Crippen molar-refractivity contribution in [3.63, 3.8) is 0 Å². The van der Waals surface area contributed by atoms with Gasteiger partial charge in [0.05, 0.1) is 19.0 Å². The molecule has 0 radical (unpaired) electrons. The molecule has 21 heavy (non-hydrogen) atoms. The molecule has 0 spiro atoms. The van der Waals surface area contributed by atoms with Crippen LogP contribution < -0.4 is 0 Å². The zero-order valence-electron chi connectivity index (χ0n) is 10.6. The zero-order valence-corrected chi connectivity index (χ0v) is 11.4. The Bertz CT molecular complexity index is 619. The van der Waals surface area contributed by atoms with E-state index in [2.05, 4.69) is 9.97 Å². The summed E-state index contributed by atoms with van der Waals surface area (Å²) in [6.07, 6.45) is -3.58. The van der Waals surface area contributed by atoms with Crippen LogP contribution >= 0.6 is 0 Å². The lowest BCUT2D eigenvalue weighted by Gasteiger charge is -2.20. The second-order valence-electron chi connectivity index (χ2n) is 4.71. The minimum Gasteiger partial charge on any atom is -0.393 e. The first kappa shape index (κ1) is 16.1. The van der Waals surface area contributed by atoms with Crippen molar-refractivity contribution in [1.82, 2.24) is 14.3 Å². The molecule has 1 aliphatic rings. The summed E-state index contributed by atoms with van der Waals surface area (Å²) < 4.78 is 62.2. The Morgan fingerprint density at radius 2 is 1.90 bits per heavy atom. The largest absolute Gasteiger partial charge is 0.451 e. The van der Waals surface area contributed by atoms with Gasteiger partial charge in [-0.3, -0.25) is 0 Å². The molecule has 0 aliphatic carbocycles. The molecule has 2 rings (SSSR count). The summed E-state index contributed by atoms with van der Waals surface area (Å²) in [6, 6.07) is 0. The van der Waals surface area contributed by atoms with Crippen molar-refractivity contribution < 1.29 is 31.8 Å². The molecule has 1 aromatic rings. The van der Waals surface area contributed by atoms with Crippen LogP contribution in [0.1, 0.15) is 12.2 Å². The van der Waals surface area contributed by atoms with Crippen molar-refractivity contribution in [2.75, 3.05) is 19.7 Å². The highest BCUT2D eigenvalue weighted by Crippen LogP contribution is 2.28. The van der Waals surface area contributed by atoms with Gasteiger partial charge in [-0.15, -0.1) is 0 Å². The molecule has 1 fully saturated rings. The molecule has 11 heteroatoms. The van der Waals surface area contributed by atoms with Gasteiger partial charge in [0.2, 0.25) is 15.8 Å². The van der Waals surface area contributed by atoms with Crippen molar-refractivity contribution in [2.24, 2.45) is 0 Å². The first-order chi connectivity index (χ1) is 9.58. The molecule has 0 saturated carbocycles. The molecular formula is C10H12F3N3O4S. The Hall–Kier alpha value is -1.30. The monoisotopic (exact) mass is 327 g/mol. The highest BCUT2D eigenvalue weighted by atomic mass is 32.2. The van der Waals surface area contributed by atoms with E-state index in [1.807, 2.05) is 0 Å². The van der Waals surface area contributed by atoms with Crippen molar-refractivity contribution in [1.29, 1.82) is 0 Å². The number of aliphatic hydroxyl groups is 2. The number of alkyl halides is 3. The number of hydrogen-bond acceptors (Lipinski definition) is 6. The van der Waals surface area contributed by atoms with E-state index >= 15 is 0 Å². The van der Waals surface area contributed by atoms with E-state index in [1.54, 1.807) is 0 Å². The maximum absolute atomic E-state index is 12.3. The number of nitrogens with zero attached hydrogens (tertiary/aromatic N) is 3. The summed E-state index contributed by atoms with van der Waals surface area (Å²) in [7, 11) is -4.11. The Labute approximate surface area is 118 Å². The van der Waals surface area contributed by atoms with Crippen LogP contribution in [0.4, 0.5) is 13.2 Å². The van der Waals surface area contributed by atoms with Gasteiger partial charge in [-0.05, 0) is 6.42 Å². The molecule has 1 aromatic heterocycles. The summed E-state index contributed by atoms with van der Waals surface area (Å²) in [5.74, 6) is -1.44. The maximum Gasteiger partial charge on any atom is 0.451 e. The Morgan fingerprint density at radius 1 is 1.33 bits per heavy atom. The van der Waals surface area contributed by atoms with Crippen molar-refractivity contribution in [3.05, 3.63) is 18.2 Å². The van der Waals surface area contributed by atoms with Crippen molar-refractivity contribution in [2.45, 2.75) is 23.1 Å². The van der Waals surface area contributed by atoms with Crippen LogP contribution in [0.15, 0.2) is 17.3 Å². The molecular weight excluding hydrogens is 315 g/mol. The smallest absolute Gasteiger partial charge is 0.393 e. The minimum atomic E-state index is -4.76. The van der Waals surface area contributed by atoms with Gasteiger partial charge in [-0.25, -0.2) is 18.4 Å². The summed E-state index contributed by atoms with van der Waals surface area (Å²) in [6.45, 7) is -1.00. The van der Waals surface area contributed by atoms with Crippen molar-refractivity contribution in [3.8, 4) is 0 Å². The van der Waals surface area contributed by atoms with Gasteiger partial charge in [0, 0.05) is 13.1 Å². The summed E-state index contributed by atoms with van der Waals surface area (Å²) in [5, 5.41) is 18.8. The fourth-order valence-electron chi connectivity index (χ4n) is 1.90. The lowest BCUT2D eigenvalue weighted by atomic mass is 10.1. The van der Waals surface area contributed by atoms with E-state index in [9.17, 15) is 26.7 Å². The molecule has 0 amide bonds. The third kappa shape index (κ3) is 3.15. The van der Waals surface area contributed by atoms with Gasteiger partial charge >= 0.3 is 6.18 Å². The summed E-state index contributed by atoms with van der Waals surface area (Å²) in [4.78, 5) is 5.48. The van der Waals surface area contributed by atoms with Gasteiger partial charge in [-0.1, -0.05) is 0 Å². The predicted molar refractivity (Wildman–Crippen MR) is 62.4 cm³/mol. The van der Waals surface area contributed by atoms with E-state index < -0.39 is 39.1 Å². The number of rotatable bonds is 3. The lowest BCUT2D eigenvalue weighted by molar-refractivity contribution is -0.145. The molecule has 7 nitrogen and oxygen atoms in total. The molecule has 0 unspecified atom stereocenters. The second-order valence-corrected chi connectivity index (χ2v) is 6.65. The van der Waals surface area contributed by atoms with Crippen LogP contribution in [-0.2, 0) is 16.2 Å². The maximum atomic E-state index is 12.3. The molecule has 1 saturated heterocycles. The van der Waals surface area contributed by atoms with Crippen LogP contribution in [0.5, 0.6) is 0 Å². The molecule has 1 atom stereocenters. The summed E-state index contributed by atoms with van der Waals surface area (Å²) >= 11 is 0. The SMILES string of the molecule is O=S(=O)(c1cnc(C(F)(F)F)nc1)N1CC[C@](O)(CO)C1. The van der Waals surface area contributed by atoms with Gasteiger partial charge in [0.25, 0.3) is 0 Å². The molecule has 0 aromatic carbocycles. The van der Waals surface area contributed by atoms with Crippen LogP contribution in [-0.4, -0.2) is 58.2 Å². The normalized spacial score (nSPS) is 24.4. The fraction of sp³-hybridized carbons (Fsp3) is 0.600. The summed E-state index contributed by atoms with van der Waals surface area (Å²) in [5.41, 5.74) is -1.54. The average Bonchev–Trinajstić information content (AvgIpc) is 2.82. The van der Waals surface area contributed by atoms with Gasteiger partial charge < -0.3 is 10.2 Å². The molecule has 118 valence electrons. The lowest BCUT2D eigenvalue weighted by Crippen LogP contribution is -2.38. The van der Waals surface area contributed by atoms with E-state index in [1.165, 1.54) is 0 Å². The molecule has 2 N–H and O–H groups in total. The molecule has 2 heterocycles. The highest BCUT2D eigenvalue weighted by Gasteiger charge is 2.42. The number of halogens is 3. The molecule has 0 bridgehead atoms. The van der Waals surface area contributed by atoms with Gasteiger partial charge in [-0.2, -0.15) is 17.5 Å². The Kier molecular flexibility index (Phi) is 3.95. The number of β-amino-alcohol motifs (C(OH)–C–C–N with tert-alkyl or cyclic N) is 1. The first-order valence-corrected chi connectivity index (χ1v) is 7.25. The topological polar surface area (TPSA) is 104 Å². The van der Waals surface area contributed by atoms with E-state index in [4.69, 9.17) is 5.11 Å². The molecule has 1 aliphatic heterocycles. The van der Waals surface area contributed by atoms with Crippen LogP contribution in [0.3, 0.4) is 0 Å².